The summed E-state index contributed by atoms with van der Waals surface area (Å²) in [6, 6.07) is 1.23. The zero-order valence-electron chi connectivity index (χ0n) is 20.5. The third kappa shape index (κ3) is 3.99. The van der Waals surface area contributed by atoms with Crippen LogP contribution in [0.5, 0.6) is 17.2 Å². The van der Waals surface area contributed by atoms with Crippen molar-refractivity contribution >= 4 is 17.5 Å². The number of allylic oxidation sites excluding steroid dienone is 3. The minimum atomic E-state index is -2.04. The van der Waals surface area contributed by atoms with Gasteiger partial charge in [0.15, 0.2) is 22.9 Å². The Hall–Kier alpha value is -3.59. The molecule has 1 aliphatic heterocycles. The first-order chi connectivity index (χ1) is 16.4. The second-order valence-electron chi connectivity index (χ2n) is 8.94. The van der Waals surface area contributed by atoms with Gasteiger partial charge in [0.25, 0.3) is 0 Å². The van der Waals surface area contributed by atoms with E-state index >= 15 is 0 Å². The number of Topliss-reactive ketones (excluding diaryl/α,β-unsaturated/α-hetero) is 2. The molecule has 2 aliphatic rings. The molecule has 1 heterocycles. The lowest BCUT2D eigenvalue weighted by Gasteiger charge is -2.43. The number of aliphatic hydroxyl groups is 1. The lowest BCUT2D eigenvalue weighted by Crippen LogP contribution is -2.46. The Balaban J connectivity index is 2.24. The Labute approximate surface area is 203 Å². The fraction of sp³-hybridized carbons (Fsp3) is 0.423. The van der Waals surface area contributed by atoms with Gasteiger partial charge in [-0.05, 0) is 32.4 Å². The van der Waals surface area contributed by atoms with Crippen LogP contribution in [-0.2, 0) is 24.7 Å². The van der Waals surface area contributed by atoms with Gasteiger partial charge in [0.2, 0.25) is 11.5 Å². The summed E-state index contributed by atoms with van der Waals surface area (Å²) >= 11 is 0. The Morgan fingerprint density at radius 2 is 1.83 bits per heavy atom. The average Bonchev–Trinajstić information content (AvgIpc) is 3.06. The van der Waals surface area contributed by atoms with Crippen LogP contribution < -0.4 is 4.74 Å². The van der Waals surface area contributed by atoms with Crippen molar-refractivity contribution in [2.24, 2.45) is 11.8 Å². The molecular weight excluding hydrogens is 456 g/mol. The summed E-state index contributed by atoms with van der Waals surface area (Å²) in [5.74, 6) is -6.19. The third-order valence-electron chi connectivity index (χ3n) is 6.57. The van der Waals surface area contributed by atoms with E-state index in [4.69, 9.17) is 14.2 Å². The van der Waals surface area contributed by atoms with Crippen molar-refractivity contribution in [3.05, 3.63) is 52.8 Å². The van der Waals surface area contributed by atoms with E-state index in [0.29, 0.717) is 0 Å². The molecule has 0 radical (unpaired) electrons. The highest BCUT2D eigenvalue weighted by atomic mass is 16.5. The molecular formula is C26H30O9. The highest BCUT2D eigenvalue weighted by Crippen LogP contribution is 2.55. The molecule has 0 unspecified atom stereocenters. The third-order valence-corrected chi connectivity index (χ3v) is 6.57. The van der Waals surface area contributed by atoms with Crippen molar-refractivity contribution < 1.29 is 43.9 Å². The normalized spacial score (nSPS) is 28.5. The van der Waals surface area contributed by atoms with E-state index in [1.165, 1.54) is 40.0 Å². The second-order valence-corrected chi connectivity index (χ2v) is 8.94. The van der Waals surface area contributed by atoms with Crippen molar-refractivity contribution in [1.82, 2.24) is 0 Å². The minimum absolute atomic E-state index is 0.0530. The van der Waals surface area contributed by atoms with Crippen LogP contribution in [0.2, 0.25) is 0 Å². The Kier molecular flexibility index (Phi) is 6.86. The maximum absolute atomic E-state index is 13.4. The van der Waals surface area contributed by atoms with Crippen LogP contribution in [-0.4, -0.2) is 52.7 Å². The molecule has 9 nitrogen and oxygen atoms in total. The molecule has 188 valence electrons. The number of hydrogen-bond donors (Lipinski definition) is 3. The monoisotopic (exact) mass is 486 g/mol. The molecule has 1 aliphatic carbocycles. The largest absolute Gasteiger partial charge is 0.504 e. The zero-order valence-corrected chi connectivity index (χ0v) is 20.5. The Morgan fingerprint density at radius 1 is 1.17 bits per heavy atom. The molecule has 0 aromatic heterocycles. The van der Waals surface area contributed by atoms with Crippen LogP contribution in [0.25, 0.3) is 0 Å². The quantitative estimate of drug-likeness (QED) is 0.239. The summed E-state index contributed by atoms with van der Waals surface area (Å²) in [4.78, 5) is 39.4. The molecule has 0 bridgehead atoms. The van der Waals surface area contributed by atoms with Crippen molar-refractivity contribution in [3.8, 4) is 17.2 Å². The van der Waals surface area contributed by atoms with Gasteiger partial charge in [-0.2, -0.15) is 0 Å². The van der Waals surface area contributed by atoms with Gasteiger partial charge in [-0.3, -0.25) is 9.59 Å². The van der Waals surface area contributed by atoms with Gasteiger partial charge in [0.05, 0.1) is 20.1 Å². The van der Waals surface area contributed by atoms with E-state index in [2.05, 4.69) is 0 Å². The number of carbonyl (C=O) groups is 3. The number of benzene rings is 1. The lowest BCUT2D eigenvalue weighted by molar-refractivity contribution is -0.138. The molecule has 1 aromatic rings. The number of phenols is 2. The van der Waals surface area contributed by atoms with Gasteiger partial charge in [0, 0.05) is 17.0 Å². The SMILES string of the molecule is CC/C=C/C=C/[C@@]1(C)OC([C@H]2[C@@H](C)C(=O)c3cc(OC)c(O)c(O)c3[C@@]2(C)O)=C(C(=O)OC)C1=O. The number of aromatic hydroxyl groups is 2. The summed E-state index contributed by atoms with van der Waals surface area (Å²) in [5, 5.41) is 32.8. The van der Waals surface area contributed by atoms with Crippen molar-refractivity contribution in [1.29, 1.82) is 0 Å². The van der Waals surface area contributed by atoms with E-state index in [1.807, 2.05) is 13.0 Å². The summed E-state index contributed by atoms with van der Waals surface area (Å²) in [7, 11) is 2.36. The fourth-order valence-corrected chi connectivity index (χ4v) is 4.78. The van der Waals surface area contributed by atoms with E-state index in [-0.39, 0.29) is 22.6 Å². The molecule has 0 amide bonds. The first-order valence-corrected chi connectivity index (χ1v) is 11.2. The molecule has 35 heavy (non-hydrogen) atoms. The number of esters is 1. The van der Waals surface area contributed by atoms with Crippen LogP contribution in [0.15, 0.2) is 41.7 Å². The molecule has 0 spiro atoms. The molecule has 0 fully saturated rings. The lowest BCUT2D eigenvalue weighted by atomic mass is 9.65. The number of ketones is 2. The topological polar surface area (TPSA) is 140 Å². The number of phenolic OH excluding ortho intramolecular Hbond substituents is 2. The van der Waals surface area contributed by atoms with Gasteiger partial charge < -0.3 is 29.5 Å². The molecule has 3 rings (SSSR count). The Morgan fingerprint density at radius 3 is 2.40 bits per heavy atom. The number of methoxy groups -OCH3 is 2. The maximum atomic E-state index is 13.4. The van der Waals surface area contributed by atoms with Gasteiger partial charge in [-0.15, -0.1) is 0 Å². The second kappa shape index (κ2) is 9.22. The first kappa shape index (κ1) is 26.0. The van der Waals surface area contributed by atoms with Gasteiger partial charge in [0.1, 0.15) is 16.9 Å². The standard InChI is InChI=1S/C26H30O9/c1-7-8-9-10-11-25(3)23(30)16(24(31)34-6)22(35-25)17-13(2)19(27)14-12-15(33-5)20(28)21(29)18(14)26(17,4)32/h8-13,17,28-29,32H,7H2,1-6H3/b9-8+,11-10+/t13-,17-,25-,26+/m1/s1. The molecule has 4 atom stereocenters. The Bertz CT molecular complexity index is 1170. The van der Waals surface area contributed by atoms with E-state index < -0.39 is 57.6 Å². The molecule has 3 N–H and O–H groups in total. The highest BCUT2D eigenvalue weighted by Gasteiger charge is 2.58. The number of carbonyl (C=O) groups excluding carboxylic acids is 3. The highest BCUT2D eigenvalue weighted by molar-refractivity contribution is 6.23. The zero-order chi connectivity index (χ0) is 26.3. The minimum Gasteiger partial charge on any atom is -0.504 e. The molecule has 0 saturated heterocycles. The number of rotatable bonds is 6. The molecule has 0 saturated carbocycles. The van der Waals surface area contributed by atoms with Gasteiger partial charge in [-0.25, -0.2) is 4.79 Å². The summed E-state index contributed by atoms with van der Waals surface area (Å²) < 4.78 is 15.9. The summed E-state index contributed by atoms with van der Waals surface area (Å²) in [6.45, 7) is 6.25. The number of hydrogen-bond acceptors (Lipinski definition) is 9. The number of fused-ring (bicyclic) bond motifs is 1. The van der Waals surface area contributed by atoms with Crippen molar-refractivity contribution in [2.45, 2.75) is 45.3 Å². The smallest absolute Gasteiger partial charge is 0.345 e. The van der Waals surface area contributed by atoms with Gasteiger partial charge >= 0.3 is 5.97 Å². The predicted octanol–water partition coefficient (Wildman–Crippen LogP) is 3.07. The fourth-order valence-electron chi connectivity index (χ4n) is 4.78. The summed E-state index contributed by atoms with van der Waals surface area (Å²) in [6.07, 6.45) is 7.45. The van der Waals surface area contributed by atoms with Gasteiger partial charge in [-0.1, -0.05) is 32.1 Å². The molecule has 1 aromatic carbocycles. The molecule has 9 heteroatoms. The van der Waals surface area contributed by atoms with Crippen LogP contribution >= 0.6 is 0 Å². The van der Waals surface area contributed by atoms with Crippen LogP contribution in [0.4, 0.5) is 0 Å². The average molecular weight is 487 g/mol. The van der Waals surface area contributed by atoms with E-state index in [0.717, 1.165) is 13.5 Å². The number of ether oxygens (including phenoxy) is 3. The first-order valence-electron chi connectivity index (χ1n) is 11.2. The van der Waals surface area contributed by atoms with Crippen molar-refractivity contribution in [3.63, 3.8) is 0 Å². The van der Waals surface area contributed by atoms with Crippen molar-refractivity contribution in [2.75, 3.05) is 14.2 Å². The van der Waals surface area contributed by atoms with E-state index in [9.17, 15) is 29.7 Å². The maximum Gasteiger partial charge on any atom is 0.345 e. The van der Waals surface area contributed by atoms with Crippen LogP contribution in [0, 0.1) is 11.8 Å². The van der Waals surface area contributed by atoms with E-state index in [1.54, 1.807) is 12.2 Å². The van der Waals surface area contributed by atoms with Crippen LogP contribution in [0.3, 0.4) is 0 Å². The summed E-state index contributed by atoms with van der Waals surface area (Å²) in [5.41, 5.74) is -4.37. The predicted molar refractivity (Wildman–Crippen MR) is 125 cm³/mol. The van der Waals surface area contributed by atoms with Crippen LogP contribution in [0.1, 0.15) is 50.0 Å².